The molecule has 4 N–H and O–H groups in total. The molecule has 0 aromatic carbocycles. The van der Waals surface area contributed by atoms with Crippen molar-refractivity contribution in [2.24, 2.45) is 0 Å². The molecule has 0 radical (unpaired) electrons. The first-order valence-electron chi connectivity index (χ1n) is 10.2. The molecule has 0 aliphatic carbocycles. The second-order valence-corrected chi connectivity index (χ2v) is 6.84. The third-order valence-corrected chi connectivity index (χ3v) is 4.15. The van der Waals surface area contributed by atoms with E-state index in [-0.39, 0.29) is 23.1 Å². The summed E-state index contributed by atoms with van der Waals surface area (Å²) >= 11 is 0. The third kappa shape index (κ3) is 29.9. The zero-order valence-corrected chi connectivity index (χ0v) is 16.7. The Hall–Kier alpha value is -0.864. The molecule has 0 rings (SSSR count). The highest BCUT2D eigenvalue weighted by molar-refractivity contribution is 5.79. The maximum absolute atomic E-state index is 10.3. The van der Waals surface area contributed by atoms with Gasteiger partial charge in [-0.2, -0.15) is 0 Å². The first-order chi connectivity index (χ1) is 12.8. The second-order valence-electron chi connectivity index (χ2n) is 6.84. The molecule has 0 saturated carbocycles. The number of carboxylic acids is 3. The van der Waals surface area contributed by atoms with Crippen LogP contribution in [0.5, 0.6) is 0 Å². The highest BCUT2D eigenvalue weighted by Gasteiger charge is 2.16. The number of aliphatic hydroxyl groups excluding tert-OH is 1. The van der Waals surface area contributed by atoms with E-state index in [9.17, 15) is 14.4 Å². The van der Waals surface area contributed by atoms with Crippen molar-refractivity contribution in [3.05, 3.63) is 0 Å². The minimum absolute atomic E-state index is 0. The summed E-state index contributed by atoms with van der Waals surface area (Å²) in [5.41, 5.74) is 0. The maximum atomic E-state index is 10.3. The van der Waals surface area contributed by atoms with Crippen molar-refractivity contribution in [1.29, 1.82) is 0 Å². The van der Waals surface area contributed by atoms with Gasteiger partial charge in [-0.3, -0.25) is 9.59 Å². The fraction of sp³-hybridized carbons (Fsp3) is 0.850. The van der Waals surface area contributed by atoms with E-state index < -0.39 is 30.4 Å². The fourth-order valence-electron chi connectivity index (χ4n) is 2.55. The van der Waals surface area contributed by atoms with E-state index in [0.717, 1.165) is 12.8 Å². The molecule has 0 saturated heterocycles. The van der Waals surface area contributed by atoms with Crippen LogP contribution in [0.1, 0.15) is 103 Å². The molecule has 0 spiro atoms. The molecule has 1 unspecified atom stereocenters. The van der Waals surface area contributed by atoms with Crippen LogP contribution in [0.3, 0.4) is 0 Å². The van der Waals surface area contributed by atoms with Crippen LogP contribution in [0.2, 0.25) is 0 Å². The molecule has 164 valence electrons. The SMILES string of the molecule is CCCCCCCCCCCCCCCC(=O)O.O=C(O)CC(O)C(=O)O.[MgH2]. The Morgan fingerprint density at radius 1 is 0.643 bits per heavy atom. The Bertz CT molecular complexity index is 389. The summed E-state index contributed by atoms with van der Waals surface area (Å²) in [6, 6.07) is 0. The van der Waals surface area contributed by atoms with Gasteiger partial charge in [0.2, 0.25) is 0 Å². The lowest BCUT2D eigenvalue weighted by Crippen LogP contribution is -2.22. The summed E-state index contributed by atoms with van der Waals surface area (Å²) in [6.07, 6.45) is 14.7. The summed E-state index contributed by atoms with van der Waals surface area (Å²) in [4.78, 5) is 29.7. The van der Waals surface area contributed by atoms with Crippen molar-refractivity contribution in [2.45, 2.75) is 109 Å². The van der Waals surface area contributed by atoms with E-state index in [1.54, 1.807) is 0 Å². The van der Waals surface area contributed by atoms with Gasteiger partial charge in [-0.15, -0.1) is 0 Å². The molecule has 0 bridgehead atoms. The lowest BCUT2D eigenvalue weighted by atomic mass is 10.0. The Labute approximate surface area is 185 Å². The molecule has 0 aliphatic rings. The van der Waals surface area contributed by atoms with E-state index in [1.807, 2.05) is 0 Å². The smallest absolute Gasteiger partial charge is 0.333 e. The molecule has 0 fully saturated rings. The fourth-order valence-corrected chi connectivity index (χ4v) is 2.55. The van der Waals surface area contributed by atoms with Gasteiger partial charge in [0, 0.05) is 6.42 Å². The summed E-state index contributed by atoms with van der Waals surface area (Å²) in [6.45, 7) is 2.26. The number of aliphatic hydroxyl groups is 1. The van der Waals surface area contributed by atoms with E-state index >= 15 is 0 Å². The van der Waals surface area contributed by atoms with E-state index in [2.05, 4.69) is 6.92 Å². The molecular formula is C20H40MgO7. The van der Waals surface area contributed by atoms with Crippen molar-refractivity contribution in [3.63, 3.8) is 0 Å². The summed E-state index contributed by atoms with van der Waals surface area (Å²) in [5.74, 6) is -3.50. The largest absolute Gasteiger partial charge is 0.481 e. The van der Waals surface area contributed by atoms with Crippen LogP contribution in [0.4, 0.5) is 0 Å². The van der Waals surface area contributed by atoms with Gasteiger partial charge < -0.3 is 20.4 Å². The molecule has 0 aromatic heterocycles. The molecule has 7 nitrogen and oxygen atoms in total. The van der Waals surface area contributed by atoms with Crippen LogP contribution in [0, 0.1) is 0 Å². The van der Waals surface area contributed by atoms with Gasteiger partial charge in [0.15, 0.2) is 6.10 Å². The Balaban J connectivity index is -0.000000530. The standard InChI is InChI=1S/C16H32O2.C4H6O5.Mg.2H/c1-2-3-4-5-6-7-8-9-10-11-12-13-14-15-16(17)18;5-2(4(8)9)1-3(6)7;;;/h2-15H2,1H3,(H,17,18);2,5H,1H2,(H,6,7)(H,8,9);;;. The number of unbranched alkanes of at least 4 members (excludes halogenated alkanes) is 12. The van der Waals surface area contributed by atoms with Gasteiger partial charge in [0.05, 0.1) is 6.42 Å². The molecule has 0 amide bonds. The summed E-state index contributed by atoms with van der Waals surface area (Å²) in [5, 5.41) is 32.6. The number of rotatable bonds is 17. The number of carbonyl (C=O) groups is 3. The number of carboxylic acid groups (broad SMARTS) is 3. The van der Waals surface area contributed by atoms with Crippen molar-refractivity contribution in [3.8, 4) is 0 Å². The number of hydrogen-bond acceptors (Lipinski definition) is 4. The lowest BCUT2D eigenvalue weighted by molar-refractivity contribution is -0.152. The lowest BCUT2D eigenvalue weighted by Gasteiger charge is -2.02. The first kappa shape index (κ1) is 31.8. The summed E-state index contributed by atoms with van der Waals surface area (Å²) < 4.78 is 0. The maximum Gasteiger partial charge on any atom is 0.333 e. The van der Waals surface area contributed by atoms with E-state index in [1.165, 1.54) is 70.6 Å². The van der Waals surface area contributed by atoms with E-state index in [0.29, 0.717) is 6.42 Å². The molecular weight excluding hydrogens is 377 g/mol. The average molecular weight is 417 g/mol. The van der Waals surface area contributed by atoms with Crippen molar-refractivity contribution in [1.82, 2.24) is 0 Å². The molecule has 0 aliphatic heterocycles. The second kappa shape index (κ2) is 24.2. The normalized spacial score (nSPS) is 10.9. The quantitative estimate of drug-likeness (QED) is 0.210. The summed E-state index contributed by atoms with van der Waals surface area (Å²) in [7, 11) is 0. The Morgan fingerprint density at radius 2 is 1.00 bits per heavy atom. The molecule has 0 aromatic rings. The Morgan fingerprint density at radius 3 is 1.25 bits per heavy atom. The van der Waals surface area contributed by atoms with E-state index in [4.69, 9.17) is 20.4 Å². The van der Waals surface area contributed by atoms with Crippen LogP contribution in [-0.4, -0.2) is 67.5 Å². The van der Waals surface area contributed by atoms with Gasteiger partial charge in [-0.25, -0.2) is 4.79 Å². The van der Waals surface area contributed by atoms with Gasteiger partial charge in [0.1, 0.15) is 0 Å². The molecule has 8 heteroatoms. The molecule has 0 heterocycles. The van der Waals surface area contributed by atoms with Gasteiger partial charge in [-0.1, -0.05) is 84.0 Å². The van der Waals surface area contributed by atoms with Crippen LogP contribution < -0.4 is 0 Å². The number of aliphatic carboxylic acids is 3. The van der Waals surface area contributed by atoms with Gasteiger partial charge in [0.25, 0.3) is 0 Å². The Kier molecular flexibility index (Phi) is 27.5. The highest BCUT2D eigenvalue weighted by Crippen LogP contribution is 2.12. The van der Waals surface area contributed by atoms with Crippen molar-refractivity contribution in [2.75, 3.05) is 0 Å². The minimum atomic E-state index is -1.79. The topological polar surface area (TPSA) is 132 Å². The molecule has 1 atom stereocenters. The van der Waals surface area contributed by atoms with Crippen molar-refractivity contribution >= 4 is 41.0 Å². The van der Waals surface area contributed by atoms with Crippen LogP contribution in [-0.2, 0) is 14.4 Å². The first-order valence-corrected chi connectivity index (χ1v) is 10.2. The zero-order valence-electron chi connectivity index (χ0n) is 16.7. The van der Waals surface area contributed by atoms with Gasteiger partial charge in [-0.05, 0) is 6.42 Å². The van der Waals surface area contributed by atoms with Crippen LogP contribution >= 0.6 is 0 Å². The highest BCUT2D eigenvalue weighted by atomic mass is 24.3. The molecule has 28 heavy (non-hydrogen) atoms. The number of hydrogen-bond donors (Lipinski definition) is 4. The monoisotopic (exact) mass is 416 g/mol. The van der Waals surface area contributed by atoms with Crippen LogP contribution in [0.15, 0.2) is 0 Å². The predicted octanol–water partition coefficient (Wildman–Crippen LogP) is 3.54. The van der Waals surface area contributed by atoms with Crippen molar-refractivity contribution < 1.29 is 34.8 Å². The zero-order chi connectivity index (χ0) is 20.9. The third-order valence-electron chi connectivity index (χ3n) is 4.15. The minimum Gasteiger partial charge on any atom is -0.481 e. The predicted molar refractivity (Wildman–Crippen MR) is 112 cm³/mol. The van der Waals surface area contributed by atoms with Gasteiger partial charge >= 0.3 is 41.0 Å². The van der Waals surface area contributed by atoms with Crippen LogP contribution in [0.25, 0.3) is 0 Å². The average Bonchev–Trinajstić information content (AvgIpc) is 2.58.